The van der Waals surface area contributed by atoms with E-state index < -0.39 is 0 Å². The summed E-state index contributed by atoms with van der Waals surface area (Å²) in [6.45, 7) is 1.17. The molecule has 1 aromatic carbocycles. The van der Waals surface area contributed by atoms with Crippen molar-refractivity contribution in [1.29, 1.82) is 0 Å². The number of fused-ring (bicyclic) bond motifs is 1. The standard InChI is InChI=1S/C14H20N2/c1-16-9-5-12-3-2-11(10-13(12)16)4-6-14(15)7-8-14/h2-3,10H,4-9,15H2,1H3. The fourth-order valence-corrected chi connectivity index (χ4v) is 2.54. The van der Waals surface area contributed by atoms with E-state index in [1.165, 1.54) is 42.6 Å². The average Bonchev–Trinajstić information content (AvgIpc) is 2.92. The highest BCUT2D eigenvalue weighted by Gasteiger charge is 2.37. The van der Waals surface area contributed by atoms with E-state index >= 15 is 0 Å². The molecule has 1 saturated carbocycles. The number of hydrogen-bond acceptors (Lipinski definition) is 2. The Morgan fingerprint density at radius 2 is 2.19 bits per heavy atom. The van der Waals surface area contributed by atoms with Crippen LogP contribution in [0.15, 0.2) is 18.2 Å². The van der Waals surface area contributed by atoms with E-state index in [1.54, 1.807) is 0 Å². The third-order valence-corrected chi connectivity index (χ3v) is 4.08. The van der Waals surface area contributed by atoms with E-state index in [0.29, 0.717) is 0 Å². The Balaban J connectivity index is 1.73. The Morgan fingerprint density at radius 3 is 2.94 bits per heavy atom. The van der Waals surface area contributed by atoms with E-state index in [-0.39, 0.29) is 5.54 Å². The molecule has 1 aliphatic heterocycles. The van der Waals surface area contributed by atoms with Crippen LogP contribution in [0.4, 0.5) is 5.69 Å². The molecule has 2 nitrogen and oxygen atoms in total. The van der Waals surface area contributed by atoms with Crippen molar-refractivity contribution in [3.8, 4) is 0 Å². The molecule has 1 fully saturated rings. The van der Waals surface area contributed by atoms with Gasteiger partial charge >= 0.3 is 0 Å². The first-order valence-corrected chi connectivity index (χ1v) is 6.28. The Hall–Kier alpha value is -1.02. The quantitative estimate of drug-likeness (QED) is 0.838. The Kier molecular flexibility index (Phi) is 2.21. The molecule has 0 saturated heterocycles. The monoisotopic (exact) mass is 216 g/mol. The third-order valence-electron chi connectivity index (χ3n) is 4.08. The highest BCUT2D eigenvalue weighted by atomic mass is 15.1. The minimum Gasteiger partial charge on any atom is -0.374 e. The van der Waals surface area contributed by atoms with Gasteiger partial charge in [-0.05, 0) is 49.3 Å². The SMILES string of the molecule is CN1CCc2ccc(CCC3(N)CC3)cc21. The van der Waals surface area contributed by atoms with Crippen LogP contribution in [-0.4, -0.2) is 19.1 Å². The maximum atomic E-state index is 6.12. The largest absolute Gasteiger partial charge is 0.374 e. The molecule has 0 spiro atoms. The molecule has 0 bridgehead atoms. The van der Waals surface area contributed by atoms with Gasteiger partial charge in [-0.1, -0.05) is 12.1 Å². The Bertz CT molecular complexity index is 407. The number of benzene rings is 1. The minimum atomic E-state index is 0.185. The highest BCUT2D eigenvalue weighted by molar-refractivity contribution is 5.58. The predicted molar refractivity (Wildman–Crippen MR) is 67.9 cm³/mol. The maximum Gasteiger partial charge on any atom is 0.0399 e. The van der Waals surface area contributed by atoms with Crippen LogP contribution >= 0.6 is 0 Å². The van der Waals surface area contributed by atoms with E-state index in [1.807, 2.05) is 0 Å². The van der Waals surface area contributed by atoms with Gasteiger partial charge in [-0.25, -0.2) is 0 Å². The van der Waals surface area contributed by atoms with Crippen LogP contribution in [0.3, 0.4) is 0 Å². The van der Waals surface area contributed by atoms with E-state index in [9.17, 15) is 0 Å². The fraction of sp³-hybridized carbons (Fsp3) is 0.571. The third kappa shape index (κ3) is 1.82. The lowest BCUT2D eigenvalue weighted by Crippen LogP contribution is -2.22. The lowest BCUT2D eigenvalue weighted by atomic mass is 10.0. The number of likely N-dealkylation sites (N-methyl/N-ethyl adjacent to an activating group) is 1. The molecule has 1 heterocycles. The summed E-state index contributed by atoms with van der Waals surface area (Å²) in [5, 5.41) is 0. The number of aryl methyl sites for hydroxylation is 1. The molecule has 0 amide bonds. The summed E-state index contributed by atoms with van der Waals surface area (Å²) < 4.78 is 0. The minimum absolute atomic E-state index is 0.185. The van der Waals surface area contributed by atoms with Gasteiger partial charge in [-0.15, -0.1) is 0 Å². The summed E-state index contributed by atoms with van der Waals surface area (Å²) in [5.41, 5.74) is 10.7. The van der Waals surface area contributed by atoms with Crippen molar-refractivity contribution in [2.24, 2.45) is 5.73 Å². The second kappa shape index (κ2) is 3.49. The molecular formula is C14H20N2. The lowest BCUT2D eigenvalue weighted by Gasteiger charge is -2.14. The molecule has 16 heavy (non-hydrogen) atoms. The molecule has 2 aliphatic rings. The van der Waals surface area contributed by atoms with Crippen molar-refractivity contribution in [2.45, 2.75) is 37.6 Å². The summed E-state index contributed by atoms with van der Waals surface area (Å²) in [6.07, 6.45) is 5.93. The average molecular weight is 216 g/mol. The molecule has 0 atom stereocenters. The second-order valence-electron chi connectivity index (χ2n) is 5.50. The number of anilines is 1. The first-order chi connectivity index (χ1) is 7.66. The van der Waals surface area contributed by atoms with E-state index in [0.717, 1.165) is 12.8 Å². The molecule has 1 aromatic rings. The van der Waals surface area contributed by atoms with Gasteiger partial charge in [0.15, 0.2) is 0 Å². The second-order valence-corrected chi connectivity index (χ2v) is 5.50. The molecular weight excluding hydrogens is 196 g/mol. The summed E-state index contributed by atoms with van der Waals surface area (Å²) in [6, 6.07) is 6.93. The van der Waals surface area contributed by atoms with Crippen molar-refractivity contribution in [1.82, 2.24) is 0 Å². The normalized spacial score (nSPS) is 21.0. The van der Waals surface area contributed by atoms with Gasteiger partial charge < -0.3 is 10.6 Å². The van der Waals surface area contributed by atoms with E-state index in [4.69, 9.17) is 5.73 Å². The van der Waals surface area contributed by atoms with Gasteiger partial charge in [0.25, 0.3) is 0 Å². The zero-order valence-electron chi connectivity index (χ0n) is 10.00. The smallest absolute Gasteiger partial charge is 0.0399 e. The highest BCUT2D eigenvalue weighted by Crippen LogP contribution is 2.37. The summed E-state index contributed by atoms with van der Waals surface area (Å²) in [7, 11) is 2.18. The maximum absolute atomic E-state index is 6.12. The molecule has 0 aromatic heterocycles. The molecule has 3 rings (SSSR count). The lowest BCUT2D eigenvalue weighted by molar-refractivity contribution is 0.609. The van der Waals surface area contributed by atoms with Crippen LogP contribution in [0.25, 0.3) is 0 Å². The number of nitrogens with zero attached hydrogens (tertiary/aromatic N) is 1. The molecule has 86 valence electrons. The van der Waals surface area contributed by atoms with Crippen LogP contribution in [0, 0.1) is 0 Å². The molecule has 0 unspecified atom stereocenters. The van der Waals surface area contributed by atoms with Crippen LogP contribution < -0.4 is 10.6 Å². The van der Waals surface area contributed by atoms with E-state index in [2.05, 4.69) is 30.1 Å². The Labute approximate surface area is 97.4 Å². The first kappa shape index (κ1) is 10.2. The zero-order chi connectivity index (χ0) is 11.2. The number of rotatable bonds is 3. The van der Waals surface area contributed by atoms with Crippen LogP contribution in [0.1, 0.15) is 30.4 Å². The predicted octanol–water partition coefficient (Wildman–Crippen LogP) is 2.10. The Morgan fingerprint density at radius 1 is 1.38 bits per heavy atom. The van der Waals surface area contributed by atoms with Crippen LogP contribution in [0.5, 0.6) is 0 Å². The topological polar surface area (TPSA) is 29.3 Å². The first-order valence-electron chi connectivity index (χ1n) is 6.28. The van der Waals surface area contributed by atoms with Gasteiger partial charge in [0.2, 0.25) is 0 Å². The molecule has 2 N–H and O–H groups in total. The van der Waals surface area contributed by atoms with Crippen LogP contribution in [0.2, 0.25) is 0 Å². The van der Waals surface area contributed by atoms with Gasteiger partial charge in [-0.3, -0.25) is 0 Å². The van der Waals surface area contributed by atoms with Gasteiger partial charge in [0.1, 0.15) is 0 Å². The van der Waals surface area contributed by atoms with Crippen molar-refractivity contribution in [3.63, 3.8) is 0 Å². The molecule has 1 aliphatic carbocycles. The van der Waals surface area contributed by atoms with Gasteiger partial charge in [0, 0.05) is 24.8 Å². The zero-order valence-corrected chi connectivity index (χ0v) is 10.00. The van der Waals surface area contributed by atoms with Crippen molar-refractivity contribution >= 4 is 5.69 Å². The summed E-state index contributed by atoms with van der Waals surface area (Å²) in [5.74, 6) is 0. The molecule has 0 radical (unpaired) electrons. The summed E-state index contributed by atoms with van der Waals surface area (Å²) in [4.78, 5) is 2.36. The summed E-state index contributed by atoms with van der Waals surface area (Å²) >= 11 is 0. The molecule has 2 heteroatoms. The van der Waals surface area contributed by atoms with Crippen molar-refractivity contribution in [3.05, 3.63) is 29.3 Å². The number of nitrogens with two attached hydrogens (primary N) is 1. The number of hydrogen-bond donors (Lipinski definition) is 1. The fourth-order valence-electron chi connectivity index (χ4n) is 2.54. The van der Waals surface area contributed by atoms with Gasteiger partial charge in [0.05, 0.1) is 0 Å². The van der Waals surface area contributed by atoms with Crippen LogP contribution in [-0.2, 0) is 12.8 Å². The van der Waals surface area contributed by atoms with Crippen molar-refractivity contribution < 1.29 is 0 Å². The van der Waals surface area contributed by atoms with Gasteiger partial charge in [-0.2, -0.15) is 0 Å². The van der Waals surface area contributed by atoms with Crippen molar-refractivity contribution in [2.75, 3.05) is 18.5 Å².